The molecule has 26 heavy (non-hydrogen) atoms. The second-order valence-electron chi connectivity index (χ2n) is 5.03. The lowest BCUT2D eigenvalue weighted by Crippen LogP contribution is -2.56. The maximum Gasteiger partial charge on any atom is 0.252 e. The summed E-state index contributed by atoms with van der Waals surface area (Å²) in [6.45, 7) is 0. The zero-order chi connectivity index (χ0) is 19.3. The number of anilines is 1. The number of alkyl halides is 3. The second-order valence-corrected chi connectivity index (χ2v) is 9.58. The van der Waals surface area contributed by atoms with Gasteiger partial charge >= 0.3 is 0 Å². The molecule has 2 aromatic rings. The molecule has 0 bridgehead atoms. The highest BCUT2D eigenvalue weighted by Crippen LogP contribution is 2.29. The summed E-state index contributed by atoms with van der Waals surface area (Å²) in [5.41, 5.74) is 1.14. The Morgan fingerprint density at radius 3 is 2.19 bits per heavy atom. The minimum atomic E-state index is -1.83. The van der Waals surface area contributed by atoms with E-state index in [-0.39, 0.29) is 5.11 Å². The SMILES string of the molecule is O=C(NC(NC(=S)Nc1ccccc1Br)C(Cl)(Cl)Cl)c1ccc(Br)cc1. The van der Waals surface area contributed by atoms with E-state index in [0.29, 0.717) is 5.56 Å². The zero-order valence-electron chi connectivity index (χ0n) is 12.9. The average Bonchev–Trinajstić information content (AvgIpc) is 2.56. The van der Waals surface area contributed by atoms with E-state index in [0.717, 1.165) is 14.6 Å². The van der Waals surface area contributed by atoms with Crippen molar-refractivity contribution in [2.24, 2.45) is 0 Å². The first-order chi connectivity index (χ1) is 12.2. The first-order valence-electron chi connectivity index (χ1n) is 7.12. The van der Waals surface area contributed by atoms with E-state index in [4.69, 9.17) is 47.0 Å². The summed E-state index contributed by atoms with van der Waals surface area (Å²) < 4.78 is -0.164. The Bertz CT molecular complexity index is 800. The number of amides is 1. The number of halogens is 5. The Morgan fingerprint density at radius 2 is 1.62 bits per heavy atom. The molecule has 1 amide bonds. The molecule has 0 radical (unpaired) electrons. The molecule has 0 fully saturated rings. The quantitative estimate of drug-likeness (QED) is 0.258. The van der Waals surface area contributed by atoms with Gasteiger partial charge < -0.3 is 16.0 Å². The highest BCUT2D eigenvalue weighted by Gasteiger charge is 2.34. The number of thiocarbonyl (C=S) groups is 1. The molecule has 1 unspecified atom stereocenters. The molecule has 4 nitrogen and oxygen atoms in total. The lowest BCUT2D eigenvalue weighted by Gasteiger charge is -2.28. The van der Waals surface area contributed by atoms with Crippen LogP contribution in [0, 0.1) is 0 Å². The van der Waals surface area contributed by atoms with Crippen LogP contribution in [-0.2, 0) is 0 Å². The van der Waals surface area contributed by atoms with Crippen molar-refractivity contribution in [1.82, 2.24) is 10.6 Å². The van der Waals surface area contributed by atoms with Crippen molar-refractivity contribution in [1.29, 1.82) is 0 Å². The van der Waals surface area contributed by atoms with E-state index in [2.05, 4.69) is 47.8 Å². The first-order valence-corrected chi connectivity index (χ1v) is 10.2. The molecular weight excluding hydrogens is 548 g/mol. The summed E-state index contributed by atoms with van der Waals surface area (Å²) in [5.74, 6) is -0.412. The molecule has 2 rings (SSSR count). The van der Waals surface area contributed by atoms with Gasteiger partial charge in [-0.3, -0.25) is 4.79 Å². The predicted octanol–water partition coefficient (Wildman–Crippen LogP) is 5.62. The topological polar surface area (TPSA) is 53.2 Å². The van der Waals surface area contributed by atoms with Crippen LogP contribution in [0.2, 0.25) is 0 Å². The predicted molar refractivity (Wildman–Crippen MR) is 119 cm³/mol. The maximum atomic E-state index is 12.4. The second kappa shape index (κ2) is 9.57. The summed E-state index contributed by atoms with van der Waals surface area (Å²) in [5, 5.41) is 8.59. The third kappa shape index (κ3) is 6.55. The fourth-order valence-electron chi connectivity index (χ4n) is 1.87. The largest absolute Gasteiger partial charge is 0.339 e. The fraction of sp³-hybridized carbons (Fsp3) is 0.125. The van der Waals surface area contributed by atoms with Gasteiger partial charge in [-0.2, -0.15) is 0 Å². The summed E-state index contributed by atoms with van der Waals surface area (Å²) in [7, 11) is 0. The van der Waals surface area contributed by atoms with Crippen LogP contribution in [0.1, 0.15) is 10.4 Å². The summed E-state index contributed by atoms with van der Waals surface area (Å²) in [6, 6.07) is 14.2. The van der Waals surface area contributed by atoms with E-state index in [1.807, 2.05) is 24.3 Å². The smallest absolute Gasteiger partial charge is 0.252 e. The summed E-state index contributed by atoms with van der Waals surface area (Å²) in [6.07, 6.45) is -1.05. The van der Waals surface area contributed by atoms with Crippen molar-refractivity contribution in [2.45, 2.75) is 9.96 Å². The molecule has 0 saturated carbocycles. The minimum absolute atomic E-state index is 0.185. The maximum absolute atomic E-state index is 12.4. The number of hydrogen-bond donors (Lipinski definition) is 3. The Labute approximate surface area is 188 Å². The summed E-state index contributed by atoms with van der Waals surface area (Å²) >= 11 is 29.9. The van der Waals surface area contributed by atoms with Crippen LogP contribution < -0.4 is 16.0 Å². The molecule has 1 atom stereocenters. The monoisotopic (exact) mass is 557 g/mol. The number of rotatable bonds is 4. The molecule has 138 valence electrons. The molecular formula is C16H12Br2Cl3N3OS. The third-order valence-corrected chi connectivity index (χ3v) is 5.20. The standard InChI is InChI=1S/C16H12Br2Cl3N3OS/c17-10-7-5-9(6-8-10)13(25)23-14(16(19,20)21)24-15(26)22-12-4-2-1-3-11(12)18/h1-8,14H,(H,23,25)(H2,22,24,26). The van der Waals surface area contributed by atoms with E-state index in [9.17, 15) is 4.79 Å². The van der Waals surface area contributed by atoms with Gasteiger partial charge in [0, 0.05) is 14.5 Å². The van der Waals surface area contributed by atoms with Crippen molar-refractivity contribution >= 4 is 95.6 Å². The van der Waals surface area contributed by atoms with Crippen LogP contribution in [0.4, 0.5) is 5.69 Å². The highest BCUT2D eigenvalue weighted by atomic mass is 79.9. The van der Waals surface area contributed by atoms with Crippen LogP contribution in [0.25, 0.3) is 0 Å². The van der Waals surface area contributed by atoms with Gasteiger partial charge in [0.25, 0.3) is 5.91 Å². The van der Waals surface area contributed by atoms with Crippen molar-refractivity contribution < 1.29 is 4.79 Å². The Hall–Kier alpha value is -0.570. The number of carbonyl (C=O) groups excluding carboxylic acids is 1. The minimum Gasteiger partial charge on any atom is -0.339 e. The van der Waals surface area contributed by atoms with E-state index in [1.54, 1.807) is 24.3 Å². The number of nitrogens with one attached hydrogen (secondary N) is 3. The van der Waals surface area contributed by atoms with Crippen molar-refractivity contribution in [3.8, 4) is 0 Å². The van der Waals surface area contributed by atoms with Crippen LogP contribution in [0.3, 0.4) is 0 Å². The lowest BCUT2D eigenvalue weighted by molar-refractivity contribution is 0.0934. The Morgan fingerprint density at radius 1 is 1.00 bits per heavy atom. The van der Waals surface area contributed by atoms with Gasteiger partial charge in [-0.1, -0.05) is 62.9 Å². The Kier molecular flexibility index (Phi) is 8.00. The number of hydrogen-bond acceptors (Lipinski definition) is 2. The molecule has 0 aromatic heterocycles. The third-order valence-electron chi connectivity index (χ3n) is 3.11. The van der Waals surface area contributed by atoms with Gasteiger partial charge in [0.05, 0.1) is 5.69 Å². The molecule has 0 aliphatic rings. The lowest BCUT2D eigenvalue weighted by atomic mass is 10.2. The van der Waals surface area contributed by atoms with E-state index in [1.165, 1.54) is 0 Å². The Balaban J connectivity index is 2.07. The normalized spacial score (nSPS) is 12.2. The zero-order valence-corrected chi connectivity index (χ0v) is 19.2. The summed E-state index contributed by atoms with van der Waals surface area (Å²) in [4.78, 5) is 12.4. The molecule has 0 spiro atoms. The van der Waals surface area contributed by atoms with Gasteiger partial charge in [-0.15, -0.1) is 0 Å². The van der Waals surface area contributed by atoms with Gasteiger partial charge in [-0.05, 0) is 64.5 Å². The van der Waals surface area contributed by atoms with Crippen molar-refractivity contribution in [3.63, 3.8) is 0 Å². The molecule has 0 aliphatic heterocycles. The van der Waals surface area contributed by atoms with Gasteiger partial charge in [0.1, 0.15) is 6.17 Å². The fourth-order valence-corrected chi connectivity index (χ4v) is 3.07. The van der Waals surface area contributed by atoms with Crippen LogP contribution in [0.5, 0.6) is 0 Å². The molecule has 3 N–H and O–H groups in total. The number of benzene rings is 2. The van der Waals surface area contributed by atoms with Crippen LogP contribution >= 0.6 is 78.9 Å². The van der Waals surface area contributed by atoms with Crippen molar-refractivity contribution in [2.75, 3.05) is 5.32 Å². The first kappa shape index (κ1) is 21.7. The van der Waals surface area contributed by atoms with Crippen molar-refractivity contribution in [3.05, 3.63) is 63.0 Å². The van der Waals surface area contributed by atoms with Gasteiger partial charge in [0.15, 0.2) is 5.11 Å². The van der Waals surface area contributed by atoms with Gasteiger partial charge in [-0.25, -0.2) is 0 Å². The molecule has 0 saturated heterocycles. The average molecular weight is 561 g/mol. The van der Waals surface area contributed by atoms with Gasteiger partial charge in [0.2, 0.25) is 3.79 Å². The molecule has 0 aliphatic carbocycles. The number of carbonyl (C=O) groups is 1. The molecule has 10 heteroatoms. The highest BCUT2D eigenvalue weighted by molar-refractivity contribution is 9.10. The molecule has 2 aromatic carbocycles. The number of para-hydroxylation sites is 1. The van der Waals surface area contributed by atoms with Crippen LogP contribution in [-0.4, -0.2) is 21.0 Å². The van der Waals surface area contributed by atoms with Crippen LogP contribution in [0.15, 0.2) is 57.5 Å². The van der Waals surface area contributed by atoms with E-state index >= 15 is 0 Å². The molecule has 0 heterocycles. The van der Waals surface area contributed by atoms with E-state index < -0.39 is 15.9 Å².